The molecule has 0 saturated heterocycles. The Labute approximate surface area is 206 Å². The maximum Gasteiger partial charge on any atom is 0.269 e. The van der Waals surface area contributed by atoms with Crippen LogP contribution in [0.5, 0.6) is 0 Å². The first-order valence-corrected chi connectivity index (χ1v) is 12.3. The molecular weight excluding hydrogens is 507 g/mol. The smallest absolute Gasteiger partial charge is 0.269 e. The van der Waals surface area contributed by atoms with E-state index < -0.39 is 5.91 Å². The molecule has 4 aromatic rings. The van der Waals surface area contributed by atoms with Crippen molar-refractivity contribution in [1.82, 2.24) is 10.3 Å². The number of halogens is 2. The number of benzene rings is 2. The van der Waals surface area contributed by atoms with Gasteiger partial charge in [0.05, 0.1) is 15.2 Å². The third-order valence-corrected chi connectivity index (χ3v) is 7.42. The lowest BCUT2D eigenvalue weighted by molar-refractivity contribution is -0.116. The summed E-state index contributed by atoms with van der Waals surface area (Å²) in [5, 5.41) is 10.9. The number of thiocarbonyl (C=S) groups is 1. The molecule has 0 fully saturated rings. The van der Waals surface area contributed by atoms with Crippen molar-refractivity contribution in [2.45, 2.75) is 19.8 Å². The lowest BCUT2D eigenvalue weighted by Crippen LogP contribution is -2.33. The normalized spacial score (nSPS) is 11.0. The average Bonchev–Trinajstić information content (AvgIpc) is 3.27. The van der Waals surface area contributed by atoms with Gasteiger partial charge in [-0.1, -0.05) is 47.5 Å². The van der Waals surface area contributed by atoms with Gasteiger partial charge in [0.25, 0.3) is 5.91 Å². The van der Waals surface area contributed by atoms with Crippen LogP contribution in [0, 0.1) is 0 Å². The topological polar surface area (TPSA) is 83.1 Å². The van der Waals surface area contributed by atoms with Crippen LogP contribution in [0.1, 0.15) is 29.4 Å². The average molecular weight is 523 g/mol. The van der Waals surface area contributed by atoms with Crippen LogP contribution in [0.4, 0.5) is 10.8 Å². The summed E-state index contributed by atoms with van der Waals surface area (Å²) >= 11 is 20.3. The van der Waals surface area contributed by atoms with E-state index in [1.54, 1.807) is 24.3 Å². The Morgan fingerprint density at radius 2 is 1.88 bits per heavy atom. The van der Waals surface area contributed by atoms with Crippen molar-refractivity contribution >= 4 is 106 Å². The molecule has 3 N–H and O–H groups in total. The number of nitrogens with zero attached hydrogens (tertiary/aromatic N) is 1. The Balaban J connectivity index is 1.45. The molecular formula is C21H16Cl2N4O2S3. The number of fused-ring (bicyclic) bond motifs is 2. The summed E-state index contributed by atoms with van der Waals surface area (Å²) in [4.78, 5) is 29.3. The minimum Gasteiger partial charge on any atom is -0.332 e. The highest BCUT2D eigenvalue weighted by molar-refractivity contribution is 7.80. The van der Waals surface area contributed by atoms with Gasteiger partial charge in [-0.05, 0) is 49.0 Å². The molecule has 0 aliphatic heterocycles. The predicted octanol–water partition coefficient (Wildman–Crippen LogP) is 6.68. The Hall–Kier alpha value is -2.30. The molecule has 0 atom stereocenters. The van der Waals surface area contributed by atoms with Gasteiger partial charge >= 0.3 is 0 Å². The molecule has 0 unspecified atom stereocenters. The van der Waals surface area contributed by atoms with Crippen molar-refractivity contribution in [1.29, 1.82) is 0 Å². The molecule has 11 heteroatoms. The van der Waals surface area contributed by atoms with Crippen molar-refractivity contribution in [2.24, 2.45) is 0 Å². The standard InChI is InChI=1S/C21H16Cl2N4O2S3/c1-2-3-16(28)26-21-25-13-7-5-11(9-15(13)32-21)24-20(30)27-19(29)18-17(23)12-6-4-10(22)8-14(12)31-18/h4-9H,2-3H2,1H3,(H,25,26,28)(H2,24,27,29,30). The summed E-state index contributed by atoms with van der Waals surface area (Å²) < 4.78 is 1.70. The quantitative estimate of drug-likeness (QED) is 0.254. The van der Waals surface area contributed by atoms with Crippen LogP contribution in [0.2, 0.25) is 10.0 Å². The molecule has 32 heavy (non-hydrogen) atoms. The molecule has 0 bridgehead atoms. The summed E-state index contributed by atoms with van der Waals surface area (Å²) in [5.41, 5.74) is 1.45. The van der Waals surface area contributed by atoms with Crippen molar-refractivity contribution in [3.63, 3.8) is 0 Å². The van der Waals surface area contributed by atoms with Gasteiger partial charge in [-0.2, -0.15) is 0 Å². The molecule has 0 spiro atoms. The largest absolute Gasteiger partial charge is 0.332 e. The SMILES string of the molecule is CCCC(=O)Nc1nc2ccc(NC(=S)NC(=O)c3sc4cc(Cl)ccc4c3Cl)cc2s1. The summed E-state index contributed by atoms with van der Waals surface area (Å²) in [6.07, 6.45) is 1.22. The number of carbonyl (C=O) groups is 2. The molecule has 0 saturated carbocycles. The van der Waals surface area contributed by atoms with Crippen molar-refractivity contribution < 1.29 is 9.59 Å². The van der Waals surface area contributed by atoms with Gasteiger partial charge in [-0.15, -0.1) is 11.3 Å². The van der Waals surface area contributed by atoms with E-state index in [0.29, 0.717) is 32.2 Å². The summed E-state index contributed by atoms with van der Waals surface area (Å²) in [7, 11) is 0. The maximum atomic E-state index is 12.7. The minimum atomic E-state index is -0.399. The predicted molar refractivity (Wildman–Crippen MR) is 139 cm³/mol. The zero-order valence-corrected chi connectivity index (χ0v) is 20.6. The molecule has 0 radical (unpaired) electrons. The Morgan fingerprint density at radius 3 is 2.66 bits per heavy atom. The van der Waals surface area contributed by atoms with Gasteiger partial charge in [0.2, 0.25) is 5.91 Å². The highest BCUT2D eigenvalue weighted by Gasteiger charge is 2.18. The number of rotatable bonds is 5. The van der Waals surface area contributed by atoms with Crippen LogP contribution in [0.25, 0.3) is 20.3 Å². The fourth-order valence-corrected chi connectivity index (χ4v) is 5.79. The second-order valence-electron chi connectivity index (χ2n) is 6.79. The highest BCUT2D eigenvalue weighted by atomic mass is 35.5. The van der Waals surface area contributed by atoms with Gasteiger partial charge in [0.1, 0.15) is 4.88 Å². The second-order valence-corrected chi connectivity index (χ2v) is 10.1. The first-order valence-electron chi connectivity index (χ1n) is 9.54. The first kappa shape index (κ1) is 22.9. The van der Waals surface area contributed by atoms with Crippen LogP contribution in [0.15, 0.2) is 36.4 Å². The van der Waals surface area contributed by atoms with E-state index in [1.165, 1.54) is 22.7 Å². The van der Waals surface area contributed by atoms with Gasteiger partial charge in [-0.3, -0.25) is 14.9 Å². The van der Waals surface area contributed by atoms with Crippen molar-refractivity contribution in [3.05, 3.63) is 51.3 Å². The molecule has 6 nitrogen and oxygen atoms in total. The minimum absolute atomic E-state index is 0.0593. The number of hydrogen-bond acceptors (Lipinski definition) is 6. The zero-order valence-electron chi connectivity index (χ0n) is 16.6. The number of amides is 2. The third kappa shape index (κ3) is 5.02. The van der Waals surface area contributed by atoms with E-state index in [2.05, 4.69) is 20.9 Å². The van der Waals surface area contributed by atoms with Crippen LogP contribution in [-0.2, 0) is 4.79 Å². The lowest BCUT2D eigenvalue weighted by atomic mass is 10.2. The Bertz CT molecular complexity index is 1370. The van der Waals surface area contributed by atoms with E-state index in [0.717, 1.165) is 26.7 Å². The van der Waals surface area contributed by atoms with Gasteiger partial charge < -0.3 is 10.6 Å². The number of nitrogens with one attached hydrogen (secondary N) is 3. The van der Waals surface area contributed by atoms with Crippen molar-refractivity contribution in [3.8, 4) is 0 Å². The molecule has 0 aliphatic carbocycles. The number of thiazole rings is 1. The second kappa shape index (κ2) is 9.68. The summed E-state index contributed by atoms with van der Waals surface area (Å²) in [5.74, 6) is -0.458. The number of aromatic nitrogens is 1. The van der Waals surface area contributed by atoms with Crippen LogP contribution in [0.3, 0.4) is 0 Å². The Morgan fingerprint density at radius 1 is 1.06 bits per heavy atom. The highest BCUT2D eigenvalue weighted by Crippen LogP contribution is 2.36. The van der Waals surface area contributed by atoms with Gasteiger partial charge in [0.15, 0.2) is 10.2 Å². The molecule has 2 heterocycles. The first-order chi connectivity index (χ1) is 15.3. The van der Waals surface area contributed by atoms with E-state index >= 15 is 0 Å². The molecule has 2 amide bonds. The van der Waals surface area contributed by atoms with Gasteiger partial charge in [-0.25, -0.2) is 4.98 Å². The lowest BCUT2D eigenvalue weighted by Gasteiger charge is -2.09. The number of anilines is 2. The van der Waals surface area contributed by atoms with E-state index in [-0.39, 0.29) is 11.0 Å². The van der Waals surface area contributed by atoms with Crippen molar-refractivity contribution in [2.75, 3.05) is 10.6 Å². The van der Waals surface area contributed by atoms with E-state index in [4.69, 9.17) is 35.4 Å². The van der Waals surface area contributed by atoms with E-state index in [1.807, 2.05) is 19.1 Å². The van der Waals surface area contributed by atoms with E-state index in [9.17, 15) is 9.59 Å². The third-order valence-electron chi connectivity index (χ3n) is 4.39. The summed E-state index contributed by atoms with van der Waals surface area (Å²) in [6, 6.07) is 10.8. The Kier molecular flexibility index (Phi) is 6.92. The monoisotopic (exact) mass is 522 g/mol. The van der Waals surface area contributed by atoms with Crippen LogP contribution < -0.4 is 16.0 Å². The molecule has 0 aliphatic rings. The molecule has 2 aromatic carbocycles. The zero-order chi connectivity index (χ0) is 22.8. The number of thiophene rings is 1. The van der Waals surface area contributed by atoms with Gasteiger partial charge in [0, 0.05) is 27.2 Å². The fraction of sp³-hybridized carbons (Fsp3) is 0.143. The van der Waals surface area contributed by atoms with Crippen LogP contribution in [-0.4, -0.2) is 21.9 Å². The molecule has 4 rings (SSSR count). The number of carbonyl (C=O) groups excluding carboxylic acids is 2. The van der Waals surface area contributed by atoms with Crippen LogP contribution >= 0.6 is 58.1 Å². The number of hydrogen-bond donors (Lipinski definition) is 3. The maximum absolute atomic E-state index is 12.7. The fourth-order valence-electron chi connectivity index (χ4n) is 2.97. The summed E-state index contributed by atoms with van der Waals surface area (Å²) in [6.45, 7) is 1.95. The molecule has 2 aromatic heterocycles. The molecule has 164 valence electrons.